The Labute approximate surface area is 137 Å². The van der Waals surface area contributed by atoms with E-state index in [1.807, 2.05) is 29.6 Å². The molecule has 0 aliphatic carbocycles. The van der Waals surface area contributed by atoms with Crippen molar-refractivity contribution in [1.29, 1.82) is 0 Å². The van der Waals surface area contributed by atoms with E-state index in [9.17, 15) is 9.18 Å². The average Bonchev–Trinajstić information content (AvgIpc) is 3.23. The fourth-order valence-corrected chi connectivity index (χ4v) is 2.73. The van der Waals surface area contributed by atoms with Gasteiger partial charge in [-0.15, -0.1) is 11.3 Å². The van der Waals surface area contributed by atoms with Crippen LogP contribution in [0.2, 0.25) is 0 Å². The van der Waals surface area contributed by atoms with E-state index in [0.717, 1.165) is 16.2 Å². The zero-order chi connectivity index (χ0) is 16.1. The molecule has 118 valence electrons. The lowest BCUT2D eigenvalue weighted by Crippen LogP contribution is -2.34. The van der Waals surface area contributed by atoms with Crippen molar-refractivity contribution in [2.24, 2.45) is 0 Å². The Bertz CT molecular complexity index is 766. The van der Waals surface area contributed by atoms with E-state index in [2.05, 4.69) is 10.6 Å². The van der Waals surface area contributed by atoms with Gasteiger partial charge in [0.25, 0.3) is 0 Å². The van der Waals surface area contributed by atoms with Crippen LogP contribution in [0.4, 0.5) is 9.18 Å². The van der Waals surface area contributed by atoms with E-state index >= 15 is 0 Å². The van der Waals surface area contributed by atoms with Crippen LogP contribution in [0, 0.1) is 5.82 Å². The summed E-state index contributed by atoms with van der Waals surface area (Å²) in [5, 5.41) is 7.42. The molecule has 0 fully saturated rings. The van der Waals surface area contributed by atoms with E-state index in [0.29, 0.717) is 18.8 Å². The molecule has 6 heteroatoms. The Morgan fingerprint density at radius 3 is 2.57 bits per heavy atom. The lowest BCUT2D eigenvalue weighted by molar-refractivity contribution is 0.239. The van der Waals surface area contributed by atoms with Crippen LogP contribution < -0.4 is 10.6 Å². The number of amides is 2. The molecular weight excluding hydrogens is 315 g/mol. The van der Waals surface area contributed by atoms with Crippen molar-refractivity contribution in [3.8, 4) is 10.6 Å². The molecule has 3 aromatic rings. The fraction of sp³-hybridized carbons (Fsp3) is 0.118. The molecule has 0 unspecified atom stereocenters. The topological polar surface area (TPSA) is 54.3 Å². The molecule has 3 rings (SSSR count). The minimum Gasteiger partial charge on any atom is -0.458 e. The maximum absolute atomic E-state index is 12.8. The van der Waals surface area contributed by atoms with Crippen molar-refractivity contribution >= 4 is 17.4 Å². The first kappa shape index (κ1) is 15.3. The monoisotopic (exact) mass is 330 g/mol. The van der Waals surface area contributed by atoms with Gasteiger partial charge in [0.2, 0.25) is 0 Å². The van der Waals surface area contributed by atoms with Crippen molar-refractivity contribution in [1.82, 2.24) is 10.6 Å². The van der Waals surface area contributed by atoms with Crippen LogP contribution in [0.3, 0.4) is 0 Å². The number of halogens is 1. The standard InChI is InChI=1S/C17H15FN2O2S/c18-13-5-3-12(4-6-13)10-19-17(21)20-11-14-7-8-15(22-14)16-2-1-9-23-16/h1-9H,10-11H2,(H2,19,20,21). The molecule has 23 heavy (non-hydrogen) atoms. The normalized spacial score (nSPS) is 10.5. The van der Waals surface area contributed by atoms with Crippen molar-refractivity contribution in [2.75, 3.05) is 0 Å². The van der Waals surface area contributed by atoms with Gasteiger partial charge in [-0.25, -0.2) is 9.18 Å². The Balaban J connectivity index is 1.46. The highest BCUT2D eigenvalue weighted by Gasteiger charge is 2.07. The van der Waals surface area contributed by atoms with Gasteiger partial charge in [-0.2, -0.15) is 0 Å². The molecule has 2 aromatic heterocycles. The van der Waals surface area contributed by atoms with Gasteiger partial charge >= 0.3 is 6.03 Å². The van der Waals surface area contributed by atoms with E-state index in [1.54, 1.807) is 23.5 Å². The molecule has 0 spiro atoms. The van der Waals surface area contributed by atoms with Crippen LogP contribution in [0.15, 0.2) is 58.3 Å². The summed E-state index contributed by atoms with van der Waals surface area (Å²) in [6.07, 6.45) is 0. The molecule has 0 bridgehead atoms. The summed E-state index contributed by atoms with van der Waals surface area (Å²) in [5.74, 6) is 1.19. The Hall–Kier alpha value is -2.60. The largest absolute Gasteiger partial charge is 0.458 e. The molecule has 0 saturated heterocycles. The van der Waals surface area contributed by atoms with Crippen LogP contribution in [-0.2, 0) is 13.1 Å². The highest BCUT2D eigenvalue weighted by molar-refractivity contribution is 7.13. The summed E-state index contributed by atoms with van der Waals surface area (Å²) in [6, 6.07) is 13.4. The predicted octanol–water partition coefficient (Wildman–Crippen LogP) is 4.15. The van der Waals surface area contributed by atoms with Crippen LogP contribution >= 0.6 is 11.3 Å². The molecule has 0 aliphatic rings. The smallest absolute Gasteiger partial charge is 0.315 e. The number of hydrogen-bond acceptors (Lipinski definition) is 3. The SMILES string of the molecule is O=C(NCc1ccc(F)cc1)NCc1ccc(-c2cccs2)o1. The molecule has 1 aromatic carbocycles. The number of carbonyl (C=O) groups excluding carboxylic acids is 1. The number of carbonyl (C=O) groups is 1. The third-order valence-electron chi connectivity index (χ3n) is 3.22. The van der Waals surface area contributed by atoms with Crippen molar-refractivity contribution in [3.63, 3.8) is 0 Å². The number of rotatable bonds is 5. The molecule has 0 radical (unpaired) electrons. The number of hydrogen-bond donors (Lipinski definition) is 2. The molecule has 2 amide bonds. The first-order valence-electron chi connectivity index (χ1n) is 7.09. The Morgan fingerprint density at radius 2 is 1.83 bits per heavy atom. The maximum Gasteiger partial charge on any atom is 0.315 e. The lowest BCUT2D eigenvalue weighted by Gasteiger charge is -2.06. The van der Waals surface area contributed by atoms with E-state index < -0.39 is 0 Å². The third kappa shape index (κ3) is 4.20. The maximum atomic E-state index is 12.8. The summed E-state index contributed by atoms with van der Waals surface area (Å²) >= 11 is 1.60. The molecule has 2 heterocycles. The van der Waals surface area contributed by atoms with Crippen LogP contribution in [0.1, 0.15) is 11.3 Å². The second-order valence-corrected chi connectivity index (χ2v) is 5.85. The van der Waals surface area contributed by atoms with Gasteiger partial charge < -0.3 is 15.1 Å². The van der Waals surface area contributed by atoms with Crippen LogP contribution in [-0.4, -0.2) is 6.03 Å². The lowest BCUT2D eigenvalue weighted by atomic mass is 10.2. The zero-order valence-corrected chi connectivity index (χ0v) is 13.0. The number of furan rings is 1. The Morgan fingerprint density at radius 1 is 1.04 bits per heavy atom. The van der Waals surface area contributed by atoms with Crippen LogP contribution in [0.25, 0.3) is 10.6 Å². The Kier molecular flexibility index (Phi) is 4.73. The first-order valence-corrected chi connectivity index (χ1v) is 7.97. The van der Waals surface area contributed by atoms with Gasteiger partial charge in [-0.1, -0.05) is 18.2 Å². The third-order valence-corrected chi connectivity index (χ3v) is 4.10. The van der Waals surface area contributed by atoms with Crippen molar-refractivity contribution in [3.05, 3.63) is 71.1 Å². The van der Waals surface area contributed by atoms with Gasteiger partial charge in [0.15, 0.2) is 0 Å². The number of urea groups is 1. The number of benzene rings is 1. The second-order valence-electron chi connectivity index (χ2n) is 4.91. The molecular formula is C17H15FN2O2S. The highest BCUT2D eigenvalue weighted by Crippen LogP contribution is 2.26. The van der Waals surface area contributed by atoms with Crippen molar-refractivity contribution in [2.45, 2.75) is 13.1 Å². The number of nitrogens with one attached hydrogen (secondary N) is 2. The number of thiophene rings is 1. The minimum atomic E-state index is -0.302. The van der Waals surface area contributed by atoms with E-state index in [4.69, 9.17) is 4.42 Å². The molecule has 0 saturated carbocycles. The summed E-state index contributed by atoms with van der Waals surface area (Å²) in [5.41, 5.74) is 0.833. The highest BCUT2D eigenvalue weighted by atomic mass is 32.1. The molecule has 0 aliphatic heterocycles. The summed E-state index contributed by atoms with van der Waals surface area (Å²) in [6.45, 7) is 0.644. The minimum absolute atomic E-state index is 0.294. The summed E-state index contributed by atoms with van der Waals surface area (Å²) in [7, 11) is 0. The van der Waals surface area contributed by atoms with E-state index in [1.165, 1.54) is 12.1 Å². The predicted molar refractivity (Wildman–Crippen MR) is 87.5 cm³/mol. The van der Waals surface area contributed by atoms with E-state index in [-0.39, 0.29) is 11.8 Å². The van der Waals surface area contributed by atoms with Gasteiger partial charge in [0.1, 0.15) is 17.3 Å². The average molecular weight is 330 g/mol. The fourth-order valence-electron chi connectivity index (χ4n) is 2.04. The van der Waals surface area contributed by atoms with Gasteiger partial charge in [0.05, 0.1) is 11.4 Å². The first-order chi connectivity index (χ1) is 11.2. The quantitative estimate of drug-likeness (QED) is 0.738. The molecule has 0 atom stereocenters. The van der Waals surface area contributed by atoms with Gasteiger partial charge in [-0.3, -0.25) is 0 Å². The molecule has 4 nitrogen and oxygen atoms in total. The van der Waals surface area contributed by atoms with Gasteiger partial charge in [0, 0.05) is 6.54 Å². The molecule has 2 N–H and O–H groups in total. The summed E-state index contributed by atoms with van der Waals surface area (Å²) < 4.78 is 18.5. The zero-order valence-electron chi connectivity index (χ0n) is 12.2. The summed E-state index contributed by atoms with van der Waals surface area (Å²) in [4.78, 5) is 12.8. The van der Waals surface area contributed by atoms with Crippen molar-refractivity contribution < 1.29 is 13.6 Å². The second kappa shape index (κ2) is 7.11. The van der Waals surface area contributed by atoms with Crippen LogP contribution in [0.5, 0.6) is 0 Å². The van der Waals surface area contributed by atoms with Gasteiger partial charge in [-0.05, 0) is 41.3 Å².